The van der Waals surface area contributed by atoms with Gasteiger partial charge in [0.25, 0.3) is 0 Å². The van der Waals surface area contributed by atoms with Crippen molar-refractivity contribution in [3.63, 3.8) is 0 Å². The van der Waals surface area contributed by atoms with E-state index in [1.54, 1.807) is 0 Å². The summed E-state index contributed by atoms with van der Waals surface area (Å²) in [4.78, 5) is 6.78. The number of hydrogen-bond acceptors (Lipinski definition) is 2. The van der Waals surface area contributed by atoms with E-state index in [-0.39, 0.29) is 11.9 Å². The summed E-state index contributed by atoms with van der Waals surface area (Å²) in [5, 5.41) is 6.65. The van der Waals surface area contributed by atoms with E-state index < -0.39 is 0 Å². The summed E-state index contributed by atoms with van der Waals surface area (Å²) >= 11 is 0. The fourth-order valence-electron chi connectivity index (χ4n) is 2.09. The second kappa shape index (κ2) is 9.41. The summed E-state index contributed by atoms with van der Waals surface area (Å²) < 4.78 is 13.1. The van der Waals surface area contributed by atoms with Gasteiger partial charge in [-0.1, -0.05) is 19.1 Å². The Morgan fingerprint density at radius 2 is 1.86 bits per heavy atom. The number of likely N-dealkylation sites (N-methyl/N-ethyl adjacent to an activating group) is 1. The molecule has 124 valence electrons. The molecule has 0 bridgehead atoms. The van der Waals surface area contributed by atoms with E-state index in [4.69, 9.17) is 0 Å². The van der Waals surface area contributed by atoms with Crippen LogP contribution in [0.5, 0.6) is 0 Å². The first-order valence-corrected chi connectivity index (χ1v) is 7.94. The molecular formula is C17H29FN4. The average Bonchev–Trinajstić information content (AvgIpc) is 2.48. The quantitative estimate of drug-likeness (QED) is 0.601. The summed E-state index contributed by atoms with van der Waals surface area (Å²) in [6.07, 6.45) is 1.04. The van der Waals surface area contributed by atoms with Gasteiger partial charge >= 0.3 is 0 Å². The van der Waals surface area contributed by atoms with E-state index in [9.17, 15) is 4.39 Å². The van der Waals surface area contributed by atoms with Gasteiger partial charge in [0, 0.05) is 12.6 Å². The Hall–Kier alpha value is -1.62. The lowest BCUT2D eigenvalue weighted by atomic mass is 10.1. The molecule has 2 N–H and O–H groups in total. The van der Waals surface area contributed by atoms with Crippen LogP contribution in [-0.2, 0) is 0 Å². The third kappa shape index (κ3) is 6.02. The minimum Gasteiger partial charge on any atom is -0.357 e. The number of benzene rings is 1. The van der Waals surface area contributed by atoms with Crippen molar-refractivity contribution >= 4 is 5.96 Å². The molecular weight excluding hydrogens is 279 g/mol. The van der Waals surface area contributed by atoms with Gasteiger partial charge in [-0.05, 0) is 52.1 Å². The molecule has 0 spiro atoms. The Bertz CT molecular complexity index is 456. The van der Waals surface area contributed by atoms with Gasteiger partial charge in [0.05, 0.1) is 12.6 Å². The van der Waals surface area contributed by atoms with Crippen molar-refractivity contribution in [1.82, 2.24) is 15.5 Å². The molecule has 0 radical (unpaired) electrons. The van der Waals surface area contributed by atoms with Gasteiger partial charge < -0.3 is 15.5 Å². The molecule has 0 fully saturated rings. The maximum atomic E-state index is 13.1. The van der Waals surface area contributed by atoms with Crippen molar-refractivity contribution in [2.75, 3.05) is 27.2 Å². The van der Waals surface area contributed by atoms with Crippen molar-refractivity contribution in [3.8, 4) is 0 Å². The van der Waals surface area contributed by atoms with E-state index in [0.717, 1.165) is 24.5 Å². The van der Waals surface area contributed by atoms with Crippen molar-refractivity contribution in [1.29, 1.82) is 0 Å². The van der Waals surface area contributed by atoms with E-state index in [2.05, 4.69) is 41.3 Å². The smallest absolute Gasteiger partial charge is 0.191 e. The lowest BCUT2D eigenvalue weighted by Gasteiger charge is -2.24. The highest BCUT2D eigenvalue weighted by atomic mass is 19.1. The van der Waals surface area contributed by atoms with Crippen LogP contribution in [0.25, 0.3) is 0 Å². The molecule has 0 aliphatic rings. The summed E-state index contributed by atoms with van der Waals surface area (Å²) in [5.41, 5.74) is 1.06. The largest absolute Gasteiger partial charge is 0.357 e. The Labute approximate surface area is 133 Å². The number of nitrogens with one attached hydrogen (secondary N) is 2. The van der Waals surface area contributed by atoms with Crippen LogP contribution in [0.15, 0.2) is 29.3 Å². The summed E-state index contributed by atoms with van der Waals surface area (Å²) in [5.74, 6) is 0.613. The lowest BCUT2D eigenvalue weighted by molar-refractivity contribution is 0.306. The highest BCUT2D eigenvalue weighted by molar-refractivity contribution is 5.80. The Balaban J connectivity index is 2.83. The van der Waals surface area contributed by atoms with Crippen LogP contribution >= 0.6 is 0 Å². The zero-order chi connectivity index (χ0) is 16.5. The molecule has 0 aromatic heterocycles. The molecule has 1 aromatic rings. The fraction of sp³-hybridized carbons (Fsp3) is 0.588. The first-order chi connectivity index (χ1) is 10.5. The zero-order valence-electron chi connectivity index (χ0n) is 14.4. The van der Waals surface area contributed by atoms with Crippen molar-refractivity contribution in [2.24, 2.45) is 4.99 Å². The molecule has 0 saturated heterocycles. The number of halogens is 1. The van der Waals surface area contributed by atoms with Crippen molar-refractivity contribution < 1.29 is 4.39 Å². The SMILES string of the molecule is CCNC(=NCC(c1ccc(F)cc1)N(C)C)NC(C)CC. The first-order valence-electron chi connectivity index (χ1n) is 7.94. The number of nitrogens with zero attached hydrogens (tertiary/aromatic N) is 2. The topological polar surface area (TPSA) is 39.7 Å². The molecule has 4 nitrogen and oxygen atoms in total. The van der Waals surface area contributed by atoms with Crippen LogP contribution < -0.4 is 10.6 Å². The minimum absolute atomic E-state index is 0.119. The van der Waals surface area contributed by atoms with Gasteiger partial charge in [0.2, 0.25) is 0 Å². The van der Waals surface area contributed by atoms with E-state index >= 15 is 0 Å². The van der Waals surface area contributed by atoms with Crippen LogP contribution in [0, 0.1) is 5.82 Å². The molecule has 22 heavy (non-hydrogen) atoms. The molecule has 0 aliphatic carbocycles. The second-order valence-corrected chi connectivity index (χ2v) is 5.70. The van der Waals surface area contributed by atoms with Gasteiger partial charge in [0.1, 0.15) is 5.82 Å². The summed E-state index contributed by atoms with van der Waals surface area (Å²) in [6, 6.07) is 7.14. The average molecular weight is 308 g/mol. The molecule has 0 amide bonds. The molecule has 2 unspecified atom stereocenters. The van der Waals surface area contributed by atoms with Gasteiger partial charge in [-0.2, -0.15) is 0 Å². The van der Waals surface area contributed by atoms with Gasteiger partial charge in [-0.25, -0.2) is 4.39 Å². The highest BCUT2D eigenvalue weighted by Crippen LogP contribution is 2.18. The molecule has 0 heterocycles. The Kier molecular flexibility index (Phi) is 7.88. The molecule has 2 atom stereocenters. The first kappa shape index (κ1) is 18.4. The number of rotatable bonds is 7. The van der Waals surface area contributed by atoms with Crippen LogP contribution in [0.4, 0.5) is 4.39 Å². The van der Waals surface area contributed by atoms with E-state index in [1.807, 2.05) is 26.2 Å². The summed E-state index contributed by atoms with van der Waals surface area (Å²) in [6.45, 7) is 7.77. The third-order valence-electron chi connectivity index (χ3n) is 3.64. The normalized spacial score (nSPS) is 14.8. The molecule has 1 aromatic carbocycles. The fourth-order valence-corrected chi connectivity index (χ4v) is 2.09. The van der Waals surface area contributed by atoms with Crippen LogP contribution in [-0.4, -0.2) is 44.1 Å². The van der Waals surface area contributed by atoms with Crippen molar-refractivity contribution in [2.45, 2.75) is 39.3 Å². The van der Waals surface area contributed by atoms with Gasteiger partial charge in [-0.15, -0.1) is 0 Å². The van der Waals surface area contributed by atoms with Gasteiger partial charge in [-0.3, -0.25) is 4.99 Å². The Morgan fingerprint density at radius 3 is 2.36 bits per heavy atom. The molecule has 0 saturated carbocycles. The highest BCUT2D eigenvalue weighted by Gasteiger charge is 2.14. The van der Waals surface area contributed by atoms with Crippen LogP contribution in [0.1, 0.15) is 38.8 Å². The number of guanidine groups is 1. The van der Waals surface area contributed by atoms with Crippen LogP contribution in [0.3, 0.4) is 0 Å². The lowest BCUT2D eigenvalue weighted by Crippen LogP contribution is -2.42. The van der Waals surface area contributed by atoms with Crippen molar-refractivity contribution in [3.05, 3.63) is 35.6 Å². The standard InChI is InChI=1S/C17H29FN4/c1-6-13(3)21-17(19-7-2)20-12-16(22(4)5)14-8-10-15(18)11-9-14/h8-11,13,16H,6-7,12H2,1-5H3,(H2,19,20,21). The number of hydrogen-bond donors (Lipinski definition) is 2. The second-order valence-electron chi connectivity index (χ2n) is 5.70. The van der Waals surface area contributed by atoms with Gasteiger partial charge in [0.15, 0.2) is 5.96 Å². The monoisotopic (exact) mass is 308 g/mol. The van der Waals surface area contributed by atoms with E-state index in [1.165, 1.54) is 12.1 Å². The van der Waals surface area contributed by atoms with E-state index in [0.29, 0.717) is 12.6 Å². The van der Waals surface area contributed by atoms with Crippen LogP contribution in [0.2, 0.25) is 0 Å². The molecule has 0 aliphatic heterocycles. The zero-order valence-corrected chi connectivity index (χ0v) is 14.4. The summed E-state index contributed by atoms with van der Waals surface area (Å²) in [7, 11) is 4.02. The number of aliphatic imine (C=N–C) groups is 1. The third-order valence-corrected chi connectivity index (χ3v) is 3.64. The predicted octanol–water partition coefficient (Wildman–Crippen LogP) is 2.78. The minimum atomic E-state index is -0.212. The maximum Gasteiger partial charge on any atom is 0.191 e. The molecule has 5 heteroatoms. The maximum absolute atomic E-state index is 13.1. The Morgan fingerprint density at radius 1 is 1.23 bits per heavy atom. The predicted molar refractivity (Wildman–Crippen MR) is 91.7 cm³/mol. The molecule has 1 rings (SSSR count).